The first kappa shape index (κ1) is 18.2. The second-order valence-corrected chi connectivity index (χ2v) is 7.45. The molecular formula is C22H25N5O. The van der Waals surface area contributed by atoms with Gasteiger partial charge in [-0.3, -0.25) is 14.9 Å². The summed E-state index contributed by atoms with van der Waals surface area (Å²) in [6, 6.07) is 14.0. The molecule has 1 fully saturated rings. The Morgan fingerprint density at radius 3 is 2.75 bits per heavy atom. The van der Waals surface area contributed by atoms with E-state index in [0.717, 1.165) is 35.8 Å². The molecule has 0 spiro atoms. The van der Waals surface area contributed by atoms with Gasteiger partial charge >= 0.3 is 0 Å². The quantitative estimate of drug-likeness (QED) is 0.714. The van der Waals surface area contributed by atoms with Crippen molar-refractivity contribution in [1.82, 2.24) is 20.5 Å². The number of pyridine rings is 1. The Hall–Kier alpha value is -3.15. The second kappa shape index (κ2) is 8.25. The molecule has 1 aliphatic rings. The molecule has 1 aromatic carbocycles. The molecule has 2 aromatic heterocycles. The van der Waals surface area contributed by atoms with Crippen molar-refractivity contribution >= 4 is 11.6 Å². The third-order valence-electron chi connectivity index (χ3n) is 5.21. The summed E-state index contributed by atoms with van der Waals surface area (Å²) in [6.45, 7) is 5.04. The van der Waals surface area contributed by atoms with Gasteiger partial charge in [0.1, 0.15) is 5.69 Å². The lowest BCUT2D eigenvalue weighted by Gasteiger charge is -2.32. The number of nitrogens with zero attached hydrogens (tertiary/aromatic N) is 3. The second-order valence-electron chi connectivity index (χ2n) is 7.45. The summed E-state index contributed by atoms with van der Waals surface area (Å²) in [4.78, 5) is 18.9. The fraction of sp³-hybridized carbons (Fsp3) is 0.318. The average molecular weight is 375 g/mol. The SMILES string of the molecule is C[C@H]1CCCN(c2ccc(CNC(=O)c3cc(-c4ccncc4)n[nH]3)cc2)C1. The van der Waals surface area contributed by atoms with E-state index in [2.05, 4.69) is 56.6 Å². The zero-order chi connectivity index (χ0) is 19.3. The van der Waals surface area contributed by atoms with Gasteiger partial charge in [0, 0.05) is 43.3 Å². The van der Waals surface area contributed by atoms with Crippen LogP contribution >= 0.6 is 0 Å². The van der Waals surface area contributed by atoms with Gasteiger partial charge in [0.2, 0.25) is 0 Å². The van der Waals surface area contributed by atoms with Crippen molar-refractivity contribution in [2.75, 3.05) is 18.0 Å². The fourth-order valence-corrected chi connectivity index (χ4v) is 3.63. The highest BCUT2D eigenvalue weighted by Gasteiger charge is 2.16. The number of benzene rings is 1. The van der Waals surface area contributed by atoms with Gasteiger partial charge in [-0.05, 0) is 54.7 Å². The van der Waals surface area contributed by atoms with Crippen LogP contribution in [0, 0.1) is 5.92 Å². The van der Waals surface area contributed by atoms with Gasteiger partial charge < -0.3 is 10.2 Å². The number of aromatic nitrogens is 3. The molecule has 2 N–H and O–H groups in total. The zero-order valence-corrected chi connectivity index (χ0v) is 16.1. The molecular weight excluding hydrogens is 350 g/mol. The Morgan fingerprint density at radius 1 is 1.21 bits per heavy atom. The summed E-state index contributed by atoms with van der Waals surface area (Å²) in [5.74, 6) is 0.584. The molecule has 0 radical (unpaired) electrons. The van der Waals surface area contributed by atoms with E-state index < -0.39 is 0 Å². The lowest BCUT2D eigenvalue weighted by molar-refractivity contribution is 0.0946. The van der Waals surface area contributed by atoms with Crippen LogP contribution in [0.1, 0.15) is 35.8 Å². The molecule has 6 heteroatoms. The monoisotopic (exact) mass is 375 g/mol. The van der Waals surface area contributed by atoms with Crippen LogP contribution < -0.4 is 10.2 Å². The maximum Gasteiger partial charge on any atom is 0.269 e. The van der Waals surface area contributed by atoms with E-state index in [4.69, 9.17) is 0 Å². The number of anilines is 1. The summed E-state index contributed by atoms with van der Waals surface area (Å²) in [5.41, 5.74) is 4.44. The first-order valence-electron chi connectivity index (χ1n) is 9.77. The number of rotatable bonds is 5. The molecule has 3 heterocycles. The van der Waals surface area contributed by atoms with Crippen LogP contribution in [-0.4, -0.2) is 34.2 Å². The lowest BCUT2D eigenvalue weighted by atomic mass is 9.99. The summed E-state index contributed by atoms with van der Waals surface area (Å²) >= 11 is 0. The highest BCUT2D eigenvalue weighted by atomic mass is 16.1. The van der Waals surface area contributed by atoms with Crippen LogP contribution in [-0.2, 0) is 6.54 Å². The number of hydrogen-bond donors (Lipinski definition) is 2. The van der Waals surface area contributed by atoms with Crippen LogP contribution in [0.2, 0.25) is 0 Å². The van der Waals surface area contributed by atoms with E-state index in [9.17, 15) is 4.79 Å². The van der Waals surface area contributed by atoms with Gasteiger partial charge in [0.05, 0.1) is 5.69 Å². The molecule has 6 nitrogen and oxygen atoms in total. The van der Waals surface area contributed by atoms with Crippen LogP contribution in [0.25, 0.3) is 11.3 Å². The summed E-state index contributed by atoms with van der Waals surface area (Å²) in [7, 11) is 0. The maximum atomic E-state index is 12.4. The van der Waals surface area contributed by atoms with E-state index >= 15 is 0 Å². The molecule has 3 aromatic rings. The van der Waals surface area contributed by atoms with Crippen molar-refractivity contribution < 1.29 is 4.79 Å². The first-order chi connectivity index (χ1) is 13.7. The van der Waals surface area contributed by atoms with E-state index in [0.29, 0.717) is 12.2 Å². The molecule has 0 saturated carbocycles. The fourth-order valence-electron chi connectivity index (χ4n) is 3.63. The lowest BCUT2D eigenvalue weighted by Crippen LogP contribution is -2.34. The van der Waals surface area contributed by atoms with Crippen molar-refractivity contribution in [2.45, 2.75) is 26.3 Å². The van der Waals surface area contributed by atoms with Gasteiger partial charge in [-0.25, -0.2) is 0 Å². The summed E-state index contributed by atoms with van der Waals surface area (Å²) in [6.07, 6.45) is 5.98. The standard InChI is InChI=1S/C22H25N5O/c1-16-3-2-12-27(15-16)19-6-4-17(5-7-19)14-24-22(28)21-13-20(25-26-21)18-8-10-23-11-9-18/h4-11,13,16H,2-3,12,14-15H2,1H3,(H,24,28)(H,25,26)/t16-/m0/s1. The number of piperidine rings is 1. The normalized spacial score (nSPS) is 16.8. The van der Waals surface area contributed by atoms with E-state index in [1.165, 1.54) is 18.5 Å². The smallest absolute Gasteiger partial charge is 0.269 e. The minimum atomic E-state index is -0.165. The molecule has 1 aliphatic heterocycles. The van der Waals surface area contributed by atoms with E-state index in [1.807, 2.05) is 12.1 Å². The number of aromatic amines is 1. The molecule has 144 valence electrons. The zero-order valence-electron chi connectivity index (χ0n) is 16.1. The van der Waals surface area contributed by atoms with Crippen molar-refractivity contribution in [3.05, 3.63) is 66.1 Å². The molecule has 1 amide bonds. The number of carbonyl (C=O) groups excluding carboxylic acids is 1. The predicted octanol–water partition coefficient (Wildman–Crippen LogP) is 3.64. The Balaban J connectivity index is 1.34. The minimum absolute atomic E-state index is 0.165. The van der Waals surface area contributed by atoms with Crippen molar-refractivity contribution in [2.24, 2.45) is 5.92 Å². The number of nitrogens with one attached hydrogen (secondary N) is 2. The molecule has 0 aliphatic carbocycles. The molecule has 0 bridgehead atoms. The van der Waals surface area contributed by atoms with Gasteiger partial charge in [-0.15, -0.1) is 0 Å². The summed E-state index contributed by atoms with van der Waals surface area (Å²) in [5, 5.41) is 9.97. The van der Waals surface area contributed by atoms with E-state index in [1.54, 1.807) is 18.5 Å². The molecule has 0 unspecified atom stereocenters. The highest BCUT2D eigenvalue weighted by molar-refractivity contribution is 5.93. The van der Waals surface area contributed by atoms with Gasteiger partial charge in [-0.1, -0.05) is 19.1 Å². The average Bonchev–Trinajstić information content (AvgIpc) is 3.23. The van der Waals surface area contributed by atoms with Gasteiger partial charge in [0.15, 0.2) is 0 Å². The Bertz CT molecular complexity index is 920. The van der Waals surface area contributed by atoms with Crippen molar-refractivity contribution in [3.63, 3.8) is 0 Å². The number of carbonyl (C=O) groups is 1. The third-order valence-corrected chi connectivity index (χ3v) is 5.21. The highest BCUT2D eigenvalue weighted by Crippen LogP contribution is 2.23. The number of H-pyrrole nitrogens is 1. The first-order valence-corrected chi connectivity index (χ1v) is 9.77. The number of amides is 1. The summed E-state index contributed by atoms with van der Waals surface area (Å²) < 4.78 is 0. The van der Waals surface area contributed by atoms with Crippen LogP contribution in [0.5, 0.6) is 0 Å². The largest absolute Gasteiger partial charge is 0.371 e. The minimum Gasteiger partial charge on any atom is -0.371 e. The van der Waals surface area contributed by atoms with Crippen LogP contribution in [0.4, 0.5) is 5.69 Å². The number of hydrogen-bond acceptors (Lipinski definition) is 4. The Kier molecular flexibility index (Phi) is 5.37. The molecule has 4 rings (SSSR count). The predicted molar refractivity (Wildman–Crippen MR) is 110 cm³/mol. The van der Waals surface area contributed by atoms with E-state index in [-0.39, 0.29) is 5.91 Å². The van der Waals surface area contributed by atoms with Gasteiger partial charge in [-0.2, -0.15) is 5.10 Å². The third kappa shape index (κ3) is 4.22. The molecule has 1 atom stereocenters. The van der Waals surface area contributed by atoms with Crippen LogP contribution in [0.3, 0.4) is 0 Å². The topological polar surface area (TPSA) is 73.9 Å². The Morgan fingerprint density at radius 2 is 2.00 bits per heavy atom. The van der Waals surface area contributed by atoms with Crippen molar-refractivity contribution in [1.29, 1.82) is 0 Å². The molecule has 28 heavy (non-hydrogen) atoms. The van der Waals surface area contributed by atoms with Crippen molar-refractivity contribution in [3.8, 4) is 11.3 Å². The van der Waals surface area contributed by atoms with Crippen LogP contribution in [0.15, 0.2) is 54.9 Å². The Labute approximate surface area is 165 Å². The maximum absolute atomic E-state index is 12.4. The molecule has 1 saturated heterocycles. The van der Waals surface area contributed by atoms with Gasteiger partial charge in [0.25, 0.3) is 5.91 Å².